The molecule has 0 bridgehead atoms. The van der Waals surface area contributed by atoms with Gasteiger partial charge in [0.15, 0.2) is 0 Å². The van der Waals surface area contributed by atoms with Gasteiger partial charge in [-0.15, -0.1) is 0 Å². The normalized spacial score (nSPS) is 28.1. The molecule has 2 atom stereocenters. The molecule has 3 heteroatoms. The van der Waals surface area contributed by atoms with Crippen molar-refractivity contribution in [3.63, 3.8) is 0 Å². The summed E-state index contributed by atoms with van der Waals surface area (Å²) >= 11 is 0. The van der Waals surface area contributed by atoms with E-state index in [1.807, 2.05) is 0 Å². The molecule has 0 fully saturated rings. The molecule has 0 saturated heterocycles. The van der Waals surface area contributed by atoms with E-state index in [2.05, 4.69) is 77.6 Å². The van der Waals surface area contributed by atoms with Gasteiger partial charge in [0.25, 0.3) is 5.78 Å². The summed E-state index contributed by atoms with van der Waals surface area (Å²) in [5.41, 5.74) is 5.25. The highest BCUT2D eigenvalue weighted by molar-refractivity contribution is 5.85. The summed E-state index contributed by atoms with van der Waals surface area (Å²) in [6.45, 7) is 16.5. The Morgan fingerprint density at radius 1 is 1.04 bits per heavy atom. The van der Waals surface area contributed by atoms with Crippen LogP contribution in [0.5, 0.6) is 0 Å². The molecule has 0 saturated carbocycles. The van der Waals surface area contributed by atoms with Gasteiger partial charge in [-0.1, -0.05) is 45.9 Å². The number of aryl methyl sites for hydroxylation is 1. The van der Waals surface area contributed by atoms with Crippen molar-refractivity contribution in [3.05, 3.63) is 53.0 Å². The van der Waals surface area contributed by atoms with E-state index in [-0.39, 0.29) is 22.4 Å². The highest BCUT2D eigenvalue weighted by atomic mass is 16.5. The Balaban J connectivity index is 1.95. The number of anilines is 1. The Kier molecular flexibility index (Phi) is 2.71. The molecule has 3 nitrogen and oxygen atoms in total. The first-order chi connectivity index (χ1) is 12.1. The van der Waals surface area contributed by atoms with Crippen LogP contribution in [0.2, 0.25) is 0 Å². The second-order valence-corrected chi connectivity index (χ2v) is 9.30. The predicted octanol–water partition coefficient (Wildman–Crippen LogP) is 6.45. The maximum atomic E-state index is 6.23. The zero-order valence-corrected chi connectivity index (χ0v) is 16.7. The van der Waals surface area contributed by atoms with Gasteiger partial charge in [0.05, 0.1) is 23.2 Å². The van der Waals surface area contributed by atoms with E-state index in [0.29, 0.717) is 5.78 Å². The summed E-state index contributed by atoms with van der Waals surface area (Å²) in [5.74, 6) is 1.72. The number of rotatable bonds is 0. The van der Waals surface area contributed by atoms with Crippen molar-refractivity contribution in [2.24, 2.45) is 5.41 Å². The van der Waals surface area contributed by atoms with Crippen LogP contribution in [-0.4, -0.2) is 0 Å². The maximum absolute atomic E-state index is 6.23. The molecule has 1 aromatic carbocycles. The maximum Gasteiger partial charge on any atom is 0.297 e. The SMILES string of the molecule is Cc1cccc2c1N1C(C)c3oc4occc4c3C1(C)C(C)(C)C2(C)C. The lowest BCUT2D eigenvalue weighted by Gasteiger charge is -2.62. The van der Waals surface area contributed by atoms with Gasteiger partial charge in [-0.3, -0.25) is 0 Å². The molecule has 0 N–H and O–H groups in total. The van der Waals surface area contributed by atoms with Crippen LogP contribution in [-0.2, 0) is 11.0 Å². The van der Waals surface area contributed by atoms with Crippen LogP contribution in [0.4, 0.5) is 5.69 Å². The van der Waals surface area contributed by atoms with E-state index >= 15 is 0 Å². The number of fused-ring (bicyclic) bond motifs is 7. The summed E-state index contributed by atoms with van der Waals surface area (Å²) in [7, 11) is 0. The minimum Gasteiger partial charge on any atom is -0.433 e. The van der Waals surface area contributed by atoms with E-state index in [9.17, 15) is 0 Å². The Hall–Kier alpha value is -2.16. The van der Waals surface area contributed by atoms with Crippen molar-refractivity contribution in [2.75, 3.05) is 4.90 Å². The van der Waals surface area contributed by atoms with E-state index in [1.165, 1.54) is 22.4 Å². The molecule has 0 aliphatic carbocycles. The molecular weight excluding hydrogens is 322 g/mol. The number of benzene rings is 1. The fourth-order valence-corrected chi connectivity index (χ4v) is 5.72. The topological polar surface area (TPSA) is 29.5 Å². The van der Waals surface area contributed by atoms with Crippen molar-refractivity contribution >= 4 is 16.9 Å². The second kappa shape index (κ2) is 4.39. The van der Waals surface area contributed by atoms with Gasteiger partial charge in [-0.2, -0.15) is 0 Å². The van der Waals surface area contributed by atoms with Gasteiger partial charge >= 0.3 is 0 Å². The predicted molar refractivity (Wildman–Crippen MR) is 105 cm³/mol. The molecule has 136 valence electrons. The fourth-order valence-electron chi connectivity index (χ4n) is 5.72. The molecule has 2 aliphatic heterocycles. The molecule has 26 heavy (non-hydrogen) atoms. The largest absolute Gasteiger partial charge is 0.433 e. The van der Waals surface area contributed by atoms with Gasteiger partial charge in [-0.25, -0.2) is 0 Å². The van der Waals surface area contributed by atoms with Crippen LogP contribution in [0, 0.1) is 12.3 Å². The van der Waals surface area contributed by atoms with Crippen LogP contribution in [0.25, 0.3) is 11.2 Å². The Morgan fingerprint density at radius 3 is 2.50 bits per heavy atom. The summed E-state index contributed by atoms with van der Waals surface area (Å²) in [6, 6.07) is 8.97. The van der Waals surface area contributed by atoms with Crippen molar-refractivity contribution in [3.8, 4) is 0 Å². The molecule has 2 aliphatic rings. The first-order valence-corrected chi connectivity index (χ1v) is 9.54. The lowest BCUT2D eigenvalue weighted by molar-refractivity contribution is 0.0659. The zero-order chi connectivity index (χ0) is 18.6. The molecule has 0 spiro atoms. The third-order valence-electron chi connectivity index (χ3n) is 8.01. The van der Waals surface area contributed by atoms with Crippen LogP contribution < -0.4 is 4.90 Å². The van der Waals surface area contributed by atoms with Crippen molar-refractivity contribution in [1.82, 2.24) is 0 Å². The average molecular weight is 349 g/mol. The van der Waals surface area contributed by atoms with Crippen molar-refractivity contribution in [2.45, 2.75) is 65.5 Å². The van der Waals surface area contributed by atoms with Crippen molar-refractivity contribution in [1.29, 1.82) is 0 Å². The molecule has 4 heterocycles. The smallest absolute Gasteiger partial charge is 0.297 e. The summed E-state index contributed by atoms with van der Waals surface area (Å²) in [5, 5.41) is 1.12. The highest BCUT2D eigenvalue weighted by Crippen LogP contribution is 2.68. The van der Waals surface area contributed by atoms with Gasteiger partial charge in [0.1, 0.15) is 5.76 Å². The number of furan rings is 2. The molecule has 2 unspecified atom stereocenters. The third kappa shape index (κ3) is 1.42. The van der Waals surface area contributed by atoms with Crippen LogP contribution >= 0.6 is 0 Å². The quantitative estimate of drug-likeness (QED) is 0.467. The fraction of sp³-hybridized carbons (Fsp3) is 0.478. The Morgan fingerprint density at radius 2 is 1.77 bits per heavy atom. The monoisotopic (exact) mass is 349 g/mol. The van der Waals surface area contributed by atoms with E-state index in [1.54, 1.807) is 6.26 Å². The minimum absolute atomic E-state index is 0.00820. The molecular formula is C23H27NO2. The van der Waals surface area contributed by atoms with Crippen LogP contribution in [0.3, 0.4) is 0 Å². The summed E-state index contributed by atoms with van der Waals surface area (Å²) in [4.78, 5) is 2.61. The first-order valence-electron chi connectivity index (χ1n) is 9.54. The van der Waals surface area contributed by atoms with Gasteiger partial charge in [0.2, 0.25) is 0 Å². The number of hydrogen-bond acceptors (Lipinski definition) is 3. The highest BCUT2D eigenvalue weighted by Gasteiger charge is 2.65. The number of para-hydroxylation sites is 1. The zero-order valence-electron chi connectivity index (χ0n) is 16.7. The molecule has 0 amide bonds. The van der Waals surface area contributed by atoms with Crippen molar-refractivity contribution < 1.29 is 8.83 Å². The standard InChI is InChI=1S/C23H27NO2/c1-13-9-8-10-16-18(13)24-14(2)19-17(15-11-12-25-20(15)26-19)23(24,7)22(5,6)21(16,3)4/h8-12,14H,1-7H3. The lowest BCUT2D eigenvalue weighted by Crippen LogP contribution is -2.62. The van der Waals surface area contributed by atoms with E-state index < -0.39 is 0 Å². The lowest BCUT2D eigenvalue weighted by atomic mass is 9.51. The third-order valence-corrected chi connectivity index (χ3v) is 8.01. The number of nitrogens with zero attached hydrogens (tertiary/aromatic N) is 1. The number of hydrogen-bond donors (Lipinski definition) is 0. The molecule has 5 rings (SSSR count). The Bertz CT molecular complexity index is 1050. The second-order valence-electron chi connectivity index (χ2n) is 9.30. The van der Waals surface area contributed by atoms with Crippen LogP contribution in [0.15, 0.2) is 39.4 Å². The van der Waals surface area contributed by atoms with E-state index in [0.717, 1.165) is 11.1 Å². The molecule has 2 aromatic heterocycles. The average Bonchev–Trinajstić information content (AvgIpc) is 3.19. The Labute approximate surface area is 155 Å². The van der Waals surface area contributed by atoms with E-state index in [4.69, 9.17) is 8.83 Å². The molecule has 3 aromatic rings. The minimum atomic E-state index is -0.181. The first kappa shape index (κ1) is 16.0. The van der Waals surface area contributed by atoms with Gasteiger partial charge < -0.3 is 13.7 Å². The summed E-state index contributed by atoms with van der Waals surface area (Å²) < 4.78 is 11.8. The molecule has 0 radical (unpaired) electrons. The van der Waals surface area contributed by atoms with Gasteiger partial charge in [-0.05, 0) is 43.4 Å². The van der Waals surface area contributed by atoms with Crippen LogP contribution in [0.1, 0.15) is 70.0 Å². The summed E-state index contributed by atoms with van der Waals surface area (Å²) in [6.07, 6.45) is 1.74. The van der Waals surface area contributed by atoms with Gasteiger partial charge in [0, 0.05) is 16.7 Å².